The van der Waals surface area contributed by atoms with Gasteiger partial charge < -0.3 is 19.9 Å². The number of methoxy groups -OCH3 is 1. The number of hydrogen-bond donors (Lipinski definition) is 2. The quantitative estimate of drug-likeness (QED) is 0.322. The second kappa shape index (κ2) is 10.7. The molecule has 1 aromatic rings. The van der Waals surface area contributed by atoms with E-state index < -0.39 is 6.04 Å². The van der Waals surface area contributed by atoms with Gasteiger partial charge in [0.25, 0.3) is 0 Å². The first-order valence-corrected chi connectivity index (χ1v) is 10.7. The van der Waals surface area contributed by atoms with E-state index in [1.807, 2.05) is 36.2 Å². The zero-order valence-corrected chi connectivity index (χ0v) is 18.2. The van der Waals surface area contributed by atoms with Crippen LogP contribution in [0, 0.1) is 18.4 Å². The summed E-state index contributed by atoms with van der Waals surface area (Å²) in [5, 5.41) is 14.8. The largest absolute Gasteiger partial charge is 0.497 e. The van der Waals surface area contributed by atoms with Gasteiger partial charge in [-0.2, -0.15) is 5.26 Å². The van der Waals surface area contributed by atoms with E-state index in [0.717, 1.165) is 55.8 Å². The molecule has 0 radical (unpaired) electrons. The number of nitrogens with one attached hydrogen (secondary N) is 2. The van der Waals surface area contributed by atoms with Gasteiger partial charge in [-0.25, -0.2) is 4.99 Å². The predicted molar refractivity (Wildman–Crippen MR) is 118 cm³/mol. The first-order valence-electron chi connectivity index (χ1n) is 10.7. The number of aryl methyl sites for hydroxylation is 1. The molecule has 1 atom stereocenters. The van der Waals surface area contributed by atoms with E-state index in [1.54, 1.807) is 12.0 Å². The molecule has 2 aliphatic rings. The SMILES string of the molecule is COc1ccc(NC(=NC2CCCCN(CC(=O)N3CCCC3)C2=O)NC#N)c(C)c1. The van der Waals surface area contributed by atoms with Crippen LogP contribution in [0.2, 0.25) is 0 Å². The summed E-state index contributed by atoms with van der Waals surface area (Å²) in [6.07, 6.45) is 6.15. The van der Waals surface area contributed by atoms with E-state index in [4.69, 9.17) is 10.00 Å². The van der Waals surface area contributed by atoms with Gasteiger partial charge in [-0.3, -0.25) is 14.9 Å². The Morgan fingerprint density at radius 3 is 2.68 bits per heavy atom. The molecular weight excluding hydrogens is 396 g/mol. The lowest BCUT2D eigenvalue weighted by molar-refractivity contribution is -0.140. The van der Waals surface area contributed by atoms with Crippen LogP contribution in [0.25, 0.3) is 0 Å². The van der Waals surface area contributed by atoms with Gasteiger partial charge in [0.15, 0.2) is 6.19 Å². The number of amides is 2. The van der Waals surface area contributed by atoms with Gasteiger partial charge in [-0.15, -0.1) is 0 Å². The third-order valence-electron chi connectivity index (χ3n) is 5.68. The standard InChI is InChI=1S/C22H30N6O3/c1-16-13-17(31-2)8-9-18(16)25-22(24-15-23)26-19-7-3-4-12-28(21(19)30)14-20(29)27-10-5-6-11-27/h8-9,13,19H,3-7,10-12,14H2,1-2H3,(H2,24,25,26). The van der Waals surface area contributed by atoms with Crippen molar-refractivity contribution in [2.24, 2.45) is 4.99 Å². The number of aliphatic imine (C=N–C) groups is 1. The van der Waals surface area contributed by atoms with Crippen molar-refractivity contribution in [2.45, 2.75) is 45.1 Å². The molecule has 3 rings (SSSR count). The number of anilines is 1. The molecule has 9 nitrogen and oxygen atoms in total. The fourth-order valence-electron chi connectivity index (χ4n) is 3.93. The Morgan fingerprint density at radius 2 is 2.00 bits per heavy atom. The molecule has 0 spiro atoms. The lowest BCUT2D eigenvalue weighted by Gasteiger charge is -2.25. The zero-order valence-electron chi connectivity index (χ0n) is 18.2. The van der Waals surface area contributed by atoms with Gasteiger partial charge in [-0.05, 0) is 62.8 Å². The molecule has 166 valence electrons. The molecule has 0 bridgehead atoms. The van der Waals surface area contributed by atoms with Crippen molar-refractivity contribution >= 4 is 23.5 Å². The van der Waals surface area contributed by atoms with Gasteiger partial charge in [0.2, 0.25) is 17.8 Å². The smallest absolute Gasteiger partial charge is 0.247 e. The number of benzene rings is 1. The maximum atomic E-state index is 13.1. The Labute approximate surface area is 183 Å². The van der Waals surface area contributed by atoms with Crippen LogP contribution in [-0.2, 0) is 9.59 Å². The molecule has 2 amide bonds. The van der Waals surface area contributed by atoms with E-state index in [-0.39, 0.29) is 24.3 Å². The Morgan fingerprint density at radius 1 is 1.26 bits per heavy atom. The van der Waals surface area contributed by atoms with E-state index in [0.29, 0.717) is 13.0 Å². The van der Waals surface area contributed by atoms with Gasteiger partial charge in [0.05, 0.1) is 13.7 Å². The molecule has 31 heavy (non-hydrogen) atoms. The number of hydrogen-bond acceptors (Lipinski definition) is 5. The summed E-state index contributed by atoms with van der Waals surface area (Å²) < 4.78 is 5.23. The van der Waals surface area contributed by atoms with Crippen LogP contribution in [0.5, 0.6) is 5.75 Å². The fraction of sp³-hybridized carbons (Fsp3) is 0.545. The molecule has 2 N–H and O–H groups in total. The van der Waals surface area contributed by atoms with Gasteiger partial charge in [-0.1, -0.05) is 0 Å². The minimum Gasteiger partial charge on any atom is -0.497 e. The molecule has 1 unspecified atom stereocenters. The Balaban J connectivity index is 1.74. The molecule has 0 aliphatic carbocycles. The highest BCUT2D eigenvalue weighted by Crippen LogP contribution is 2.22. The lowest BCUT2D eigenvalue weighted by atomic mass is 10.1. The topological polar surface area (TPSA) is 110 Å². The van der Waals surface area contributed by atoms with Crippen LogP contribution in [-0.4, -0.2) is 66.9 Å². The summed E-state index contributed by atoms with van der Waals surface area (Å²) in [6, 6.07) is 4.87. The van der Waals surface area contributed by atoms with E-state index in [9.17, 15) is 9.59 Å². The number of rotatable bonds is 5. The number of ether oxygens (including phenoxy) is 1. The van der Waals surface area contributed by atoms with Crippen molar-refractivity contribution in [3.63, 3.8) is 0 Å². The molecule has 9 heteroatoms. The van der Waals surface area contributed by atoms with Crippen molar-refractivity contribution in [2.75, 3.05) is 38.6 Å². The Kier molecular flexibility index (Phi) is 7.70. The third kappa shape index (κ3) is 5.87. The molecule has 2 aliphatic heterocycles. The number of nitrogens with zero attached hydrogens (tertiary/aromatic N) is 4. The second-order valence-corrected chi connectivity index (χ2v) is 7.88. The number of carbonyl (C=O) groups is 2. The molecule has 2 saturated heterocycles. The van der Waals surface area contributed by atoms with Crippen LogP contribution >= 0.6 is 0 Å². The van der Waals surface area contributed by atoms with Crippen molar-refractivity contribution in [1.29, 1.82) is 5.26 Å². The highest BCUT2D eigenvalue weighted by molar-refractivity contribution is 5.97. The van der Waals surface area contributed by atoms with Crippen molar-refractivity contribution in [3.8, 4) is 11.9 Å². The maximum absolute atomic E-state index is 13.1. The number of likely N-dealkylation sites (tertiary alicyclic amines) is 2. The van der Waals surface area contributed by atoms with E-state index in [2.05, 4.69) is 15.6 Å². The van der Waals surface area contributed by atoms with Crippen LogP contribution in [0.15, 0.2) is 23.2 Å². The lowest BCUT2D eigenvalue weighted by Crippen LogP contribution is -2.45. The zero-order chi connectivity index (χ0) is 22.2. The normalized spacial score (nSPS) is 19.6. The fourth-order valence-corrected chi connectivity index (χ4v) is 3.93. The van der Waals surface area contributed by atoms with Crippen LogP contribution in [0.1, 0.15) is 37.7 Å². The summed E-state index contributed by atoms with van der Waals surface area (Å²) in [6.45, 7) is 4.10. The Hall–Kier alpha value is -3.28. The average molecular weight is 427 g/mol. The average Bonchev–Trinajstić information content (AvgIpc) is 3.25. The first kappa shape index (κ1) is 22.4. The van der Waals surface area contributed by atoms with Crippen molar-refractivity contribution in [3.05, 3.63) is 23.8 Å². The minimum atomic E-state index is -0.643. The second-order valence-electron chi connectivity index (χ2n) is 7.88. The Bertz CT molecular complexity index is 872. The monoisotopic (exact) mass is 426 g/mol. The summed E-state index contributed by atoms with van der Waals surface area (Å²) in [5.74, 6) is 0.766. The number of nitriles is 1. The number of guanidine groups is 1. The molecule has 1 aromatic carbocycles. The van der Waals surface area contributed by atoms with Crippen LogP contribution in [0.4, 0.5) is 5.69 Å². The van der Waals surface area contributed by atoms with Gasteiger partial charge in [0.1, 0.15) is 11.8 Å². The minimum absolute atomic E-state index is 0.00200. The van der Waals surface area contributed by atoms with Gasteiger partial charge in [0, 0.05) is 25.3 Å². The summed E-state index contributed by atoms with van der Waals surface area (Å²) in [5.41, 5.74) is 1.67. The summed E-state index contributed by atoms with van der Waals surface area (Å²) >= 11 is 0. The van der Waals surface area contributed by atoms with Crippen molar-refractivity contribution in [1.82, 2.24) is 15.1 Å². The highest BCUT2D eigenvalue weighted by atomic mass is 16.5. The summed E-state index contributed by atoms with van der Waals surface area (Å²) in [4.78, 5) is 33.7. The summed E-state index contributed by atoms with van der Waals surface area (Å²) in [7, 11) is 1.60. The molecule has 2 fully saturated rings. The first-order chi connectivity index (χ1) is 15.0. The molecule has 0 saturated carbocycles. The van der Waals surface area contributed by atoms with Crippen molar-refractivity contribution < 1.29 is 14.3 Å². The predicted octanol–water partition coefficient (Wildman–Crippen LogP) is 1.85. The van der Waals surface area contributed by atoms with Gasteiger partial charge >= 0.3 is 0 Å². The molecule has 2 heterocycles. The number of carbonyl (C=O) groups excluding carboxylic acids is 2. The third-order valence-corrected chi connectivity index (χ3v) is 5.68. The molecular formula is C22H30N6O3. The van der Waals surface area contributed by atoms with Crippen LogP contribution < -0.4 is 15.4 Å². The van der Waals surface area contributed by atoms with Crippen LogP contribution in [0.3, 0.4) is 0 Å². The highest BCUT2D eigenvalue weighted by Gasteiger charge is 2.30. The van der Waals surface area contributed by atoms with E-state index >= 15 is 0 Å². The molecule has 0 aromatic heterocycles. The van der Waals surface area contributed by atoms with E-state index in [1.165, 1.54) is 0 Å². The maximum Gasteiger partial charge on any atom is 0.247 e.